The van der Waals surface area contributed by atoms with Crippen LogP contribution in [-0.4, -0.2) is 41.6 Å². The van der Waals surface area contributed by atoms with Gasteiger partial charge in [0.2, 0.25) is 11.8 Å². The van der Waals surface area contributed by atoms with Gasteiger partial charge in [-0.05, 0) is 36.4 Å². The molecule has 1 atom stereocenters. The Morgan fingerprint density at radius 1 is 1.10 bits per heavy atom. The fraction of sp³-hybridized carbons (Fsp3) is 0.381. The first-order valence-electron chi connectivity index (χ1n) is 10.2. The van der Waals surface area contributed by atoms with Gasteiger partial charge >= 0.3 is 0 Å². The lowest BCUT2D eigenvalue weighted by atomic mass is 9.94. The fourth-order valence-electron chi connectivity index (χ4n) is 3.81. The van der Waals surface area contributed by atoms with Gasteiger partial charge in [-0.3, -0.25) is 14.5 Å². The lowest BCUT2D eigenvalue weighted by Crippen LogP contribution is -2.42. The van der Waals surface area contributed by atoms with Gasteiger partial charge in [-0.1, -0.05) is 55.3 Å². The number of para-hydroxylation sites is 1. The number of anilines is 1. The van der Waals surface area contributed by atoms with Crippen LogP contribution in [0.2, 0.25) is 0 Å². The molecule has 0 bridgehead atoms. The Hall–Kier alpha value is -2.17. The second-order valence-corrected chi connectivity index (χ2v) is 11.5. The van der Waals surface area contributed by atoms with E-state index in [0.29, 0.717) is 5.69 Å². The number of thioether (sulfide) groups is 1. The molecule has 10 heteroatoms. The Balaban J connectivity index is 1.56. The molecule has 1 saturated carbocycles. The van der Waals surface area contributed by atoms with Crippen LogP contribution >= 0.6 is 23.1 Å². The molecule has 2 heterocycles. The average molecular weight is 478 g/mol. The summed E-state index contributed by atoms with van der Waals surface area (Å²) in [6, 6.07) is 12.1. The molecule has 31 heavy (non-hydrogen) atoms. The van der Waals surface area contributed by atoms with Crippen molar-refractivity contribution in [2.75, 3.05) is 5.32 Å². The topological polar surface area (TPSA) is 95.9 Å². The average Bonchev–Trinajstić information content (AvgIpc) is 3.39. The van der Waals surface area contributed by atoms with Crippen LogP contribution in [-0.2, 0) is 19.6 Å². The SMILES string of the molecule is O=C(C[C@@H]1SC(=NS(=O)(=O)c2cccs2)N(C2CCCCC2)C1=O)Nc1ccccc1. The van der Waals surface area contributed by atoms with E-state index >= 15 is 0 Å². The van der Waals surface area contributed by atoms with Crippen molar-refractivity contribution in [3.05, 3.63) is 47.8 Å². The number of hydrogen-bond acceptors (Lipinski definition) is 6. The second-order valence-electron chi connectivity index (χ2n) is 7.51. The van der Waals surface area contributed by atoms with Crippen LogP contribution in [0.25, 0.3) is 0 Å². The van der Waals surface area contributed by atoms with Gasteiger partial charge in [0.15, 0.2) is 5.17 Å². The first-order chi connectivity index (χ1) is 14.9. The summed E-state index contributed by atoms with van der Waals surface area (Å²) in [4.78, 5) is 27.3. The maximum Gasteiger partial charge on any atom is 0.294 e. The van der Waals surface area contributed by atoms with E-state index in [0.717, 1.165) is 55.2 Å². The number of amides is 2. The smallest absolute Gasteiger partial charge is 0.294 e. The van der Waals surface area contributed by atoms with Gasteiger partial charge in [-0.25, -0.2) is 0 Å². The Morgan fingerprint density at radius 3 is 2.52 bits per heavy atom. The Morgan fingerprint density at radius 2 is 1.84 bits per heavy atom. The number of carbonyl (C=O) groups excluding carboxylic acids is 2. The fourth-order valence-corrected chi connectivity index (χ4v) is 7.18. The van der Waals surface area contributed by atoms with Gasteiger partial charge in [0.05, 0.1) is 0 Å². The van der Waals surface area contributed by atoms with Crippen LogP contribution in [0.3, 0.4) is 0 Å². The molecule has 0 spiro atoms. The van der Waals surface area contributed by atoms with E-state index in [9.17, 15) is 18.0 Å². The number of nitrogens with zero attached hydrogens (tertiary/aromatic N) is 2. The van der Waals surface area contributed by atoms with E-state index in [2.05, 4.69) is 9.71 Å². The largest absolute Gasteiger partial charge is 0.326 e. The van der Waals surface area contributed by atoms with Crippen molar-refractivity contribution >= 4 is 55.8 Å². The molecule has 1 N–H and O–H groups in total. The maximum atomic E-state index is 13.2. The number of sulfonamides is 1. The summed E-state index contributed by atoms with van der Waals surface area (Å²) >= 11 is 2.17. The van der Waals surface area contributed by atoms with Crippen LogP contribution in [0.5, 0.6) is 0 Å². The van der Waals surface area contributed by atoms with Crippen LogP contribution in [0, 0.1) is 0 Å². The minimum atomic E-state index is -3.90. The molecule has 164 valence electrons. The summed E-state index contributed by atoms with van der Waals surface area (Å²) in [7, 11) is -3.90. The van der Waals surface area contributed by atoms with Gasteiger partial charge in [0.25, 0.3) is 10.0 Å². The number of hydrogen-bond donors (Lipinski definition) is 1. The van der Waals surface area contributed by atoms with Crippen LogP contribution in [0.1, 0.15) is 38.5 Å². The summed E-state index contributed by atoms with van der Waals surface area (Å²) in [5.74, 6) is -0.525. The van der Waals surface area contributed by atoms with Gasteiger partial charge in [0, 0.05) is 18.2 Å². The predicted molar refractivity (Wildman–Crippen MR) is 124 cm³/mol. The zero-order valence-corrected chi connectivity index (χ0v) is 19.2. The lowest BCUT2D eigenvalue weighted by Gasteiger charge is -2.30. The van der Waals surface area contributed by atoms with Gasteiger partial charge in [-0.15, -0.1) is 15.7 Å². The van der Waals surface area contributed by atoms with E-state index in [-0.39, 0.29) is 33.7 Å². The highest BCUT2D eigenvalue weighted by atomic mass is 32.2. The number of amidine groups is 1. The zero-order chi connectivity index (χ0) is 21.8. The van der Waals surface area contributed by atoms with Gasteiger partial charge < -0.3 is 5.32 Å². The van der Waals surface area contributed by atoms with Crippen molar-refractivity contribution in [3.63, 3.8) is 0 Å². The van der Waals surface area contributed by atoms with Gasteiger partial charge in [-0.2, -0.15) is 8.42 Å². The summed E-state index contributed by atoms with van der Waals surface area (Å²) in [6.07, 6.45) is 4.67. The molecule has 0 radical (unpaired) electrons. The number of carbonyl (C=O) groups is 2. The number of thiophene rings is 1. The molecule has 2 aromatic rings. The summed E-state index contributed by atoms with van der Waals surface area (Å²) in [5, 5.41) is 3.96. The molecular formula is C21H23N3O4S3. The van der Waals surface area contributed by atoms with Crippen molar-refractivity contribution in [3.8, 4) is 0 Å². The predicted octanol–water partition coefficient (Wildman–Crippen LogP) is 4.10. The van der Waals surface area contributed by atoms with E-state index in [4.69, 9.17) is 0 Å². The minimum absolute atomic E-state index is 0.0420. The molecule has 0 unspecified atom stereocenters. The molecule has 1 aromatic heterocycles. The highest BCUT2D eigenvalue weighted by Gasteiger charge is 2.43. The van der Waals surface area contributed by atoms with E-state index in [1.807, 2.05) is 18.2 Å². The van der Waals surface area contributed by atoms with Crippen LogP contribution in [0.4, 0.5) is 5.69 Å². The highest BCUT2D eigenvalue weighted by Crippen LogP contribution is 2.36. The van der Waals surface area contributed by atoms with Crippen molar-refractivity contribution in [1.82, 2.24) is 4.90 Å². The van der Waals surface area contributed by atoms with Crippen molar-refractivity contribution in [2.24, 2.45) is 4.40 Å². The Bertz CT molecular complexity index is 1060. The normalized spacial score (nSPS) is 21.5. The summed E-state index contributed by atoms with van der Waals surface area (Å²) in [5.41, 5.74) is 0.654. The third-order valence-corrected chi connectivity index (χ3v) is 9.19. The standard InChI is InChI=1S/C21H23N3O4S3/c25-18(22-15-8-3-1-4-9-15)14-17-20(26)24(16-10-5-2-6-11-16)21(30-17)23-31(27,28)19-12-7-13-29-19/h1,3-4,7-9,12-13,16-17H,2,5-6,10-11,14H2,(H,22,25)/t17-/m0/s1. The Labute approximate surface area is 190 Å². The Kier molecular flexibility index (Phi) is 6.78. The third-order valence-electron chi connectivity index (χ3n) is 5.28. The molecule has 2 amide bonds. The minimum Gasteiger partial charge on any atom is -0.326 e. The molecule has 1 aliphatic heterocycles. The van der Waals surface area contributed by atoms with Crippen molar-refractivity contribution in [2.45, 2.75) is 54.0 Å². The lowest BCUT2D eigenvalue weighted by molar-refractivity contribution is -0.130. The quantitative estimate of drug-likeness (QED) is 0.676. The van der Waals surface area contributed by atoms with E-state index in [1.165, 1.54) is 11.0 Å². The first-order valence-corrected chi connectivity index (χ1v) is 13.4. The monoisotopic (exact) mass is 477 g/mol. The van der Waals surface area contributed by atoms with Crippen molar-refractivity contribution in [1.29, 1.82) is 0 Å². The van der Waals surface area contributed by atoms with Crippen molar-refractivity contribution < 1.29 is 18.0 Å². The third kappa shape index (κ3) is 5.19. The summed E-state index contributed by atoms with van der Waals surface area (Å²) < 4.78 is 29.7. The maximum absolute atomic E-state index is 13.2. The van der Waals surface area contributed by atoms with E-state index in [1.54, 1.807) is 23.6 Å². The van der Waals surface area contributed by atoms with Crippen LogP contribution in [0.15, 0.2) is 56.5 Å². The zero-order valence-electron chi connectivity index (χ0n) is 16.8. The van der Waals surface area contributed by atoms with Gasteiger partial charge in [0.1, 0.15) is 9.46 Å². The highest BCUT2D eigenvalue weighted by molar-refractivity contribution is 8.16. The molecule has 2 fully saturated rings. The molecule has 1 aromatic carbocycles. The molecular weight excluding hydrogens is 454 g/mol. The molecule has 7 nitrogen and oxygen atoms in total. The number of nitrogens with one attached hydrogen (secondary N) is 1. The molecule has 2 aliphatic rings. The molecule has 1 saturated heterocycles. The van der Waals surface area contributed by atoms with E-state index < -0.39 is 15.3 Å². The molecule has 4 rings (SSSR count). The van der Waals surface area contributed by atoms with Crippen LogP contribution < -0.4 is 5.32 Å². The molecule has 1 aliphatic carbocycles. The summed E-state index contributed by atoms with van der Waals surface area (Å²) in [6.45, 7) is 0. The number of rotatable bonds is 6. The number of benzene rings is 1. The first kappa shape index (κ1) is 22.0. The second kappa shape index (κ2) is 9.54.